The lowest BCUT2D eigenvalue weighted by Crippen LogP contribution is -2.36. The van der Waals surface area contributed by atoms with Gasteiger partial charge >= 0.3 is 0 Å². The average Bonchev–Trinajstić information content (AvgIpc) is 3.48. The Kier molecular flexibility index (Phi) is 7.74. The van der Waals surface area contributed by atoms with Crippen molar-refractivity contribution in [1.82, 2.24) is 19.2 Å². The van der Waals surface area contributed by atoms with Gasteiger partial charge in [-0.15, -0.1) is 0 Å². The number of hydrogen-bond acceptors (Lipinski definition) is 6. The molecule has 2 aliphatic rings. The summed E-state index contributed by atoms with van der Waals surface area (Å²) in [6.45, 7) is 5.32. The Morgan fingerprint density at radius 3 is 2.59 bits per heavy atom. The van der Waals surface area contributed by atoms with E-state index in [2.05, 4.69) is 30.2 Å². The Morgan fingerprint density at radius 1 is 1.08 bits per heavy atom. The smallest absolute Gasteiger partial charge is 0.257 e. The van der Waals surface area contributed by atoms with Gasteiger partial charge in [-0.2, -0.15) is 5.10 Å². The van der Waals surface area contributed by atoms with Crippen LogP contribution in [0, 0.1) is 5.82 Å². The molecule has 2 aliphatic heterocycles. The Morgan fingerprint density at radius 2 is 1.90 bits per heavy atom. The van der Waals surface area contributed by atoms with Crippen molar-refractivity contribution >= 4 is 28.9 Å². The lowest BCUT2D eigenvalue weighted by atomic mass is 10.1. The van der Waals surface area contributed by atoms with Crippen LogP contribution < -0.4 is 10.6 Å². The van der Waals surface area contributed by atoms with Crippen LogP contribution in [-0.4, -0.2) is 56.8 Å². The molecule has 0 unspecified atom stereocenters. The van der Waals surface area contributed by atoms with Crippen molar-refractivity contribution in [2.45, 2.75) is 45.7 Å². The molecule has 3 aromatic rings. The highest BCUT2D eigenvalue weighted by atomic mass is 19.1. The van der Waals surface area contributed by atoms with Gasteiger partial charge in [0.25, 0.3) is 5.91 Å². The van der Waals surface area contributed by atoms with E-state index in [1.54, 1.807) is 19.2 Å². The molecule has 0 radical (unpaired) electrons. The maximum atomic E-state index is 14.7. The highest BCUT2D eigenvalue weighted by Crippen LogP contribution is 2.22. The lowest BCUT2D eigenvalue weighted by molar-refractivity contribution is -0.113. The first-order valence-corrected chi connectivity index (χ1v) is 13.3. The Bertz CT molecular complexity index is 1440. The highest BCUT2D eigenvalue weighted by Gasteiger charge is 2.19. The molecule has 9 nitrogen and oxygen atoms in total. The molecular formula is C29H34FN7O2. The van der Waals surface area contributed by atoms with E-state index in [0.29, 0.717) is 28.4 Å². The van der Waals surface area contributed by atoms with E-state index in [-0.39, 0.29) is 17.4 Å². The fourth-order valence-corrected chi connectivity index (χ4v) is 4.92. The Hall–Kier alpha value is -4.05. The van der Waals surface area contributed by atoms with Crippen LogP contribution in [-0.2, 0) is 31.4 Å². The number of aliphatic imine (C=N–C) groups is 1. The van der Waals surface area contributed by atoms with Gasteiger partial charge in [0.2, 0.25) is 0 Å². The zero-order valence-electron chi connectivity index (χ0n) is 22.6. The molecule has 0 spiro atoms. The number of nitrogens with zero attached hydrogens (tertiary/aromatic N) is 5. The number of aryl methyl sites for hydroxylation is 3. The number of aromatic nitrogens is 3. The van der Waals surface area contributed by atoms with E-state index in [4.69, 9.17) is 0 Å². The van der Waals surface area contributed by atoms with Gasteiger partial charge < -0.3 is 15.2 Å². The monoisotopic (exact) mass is 531 g/mol. The number of likely N-dealkylation sites (tertiary alicyclic amines) is 1. The molecule has 0 saturated carbocycles. The number of benzene rings is 1. The van der Waals surface area contributed by atoms with Crippen LogP contribution >= 0.6 is 0 Å². The topological polar surface area (TPSA) is 96.6 Å². The molecular weight excluding hydrogens is 497 g/mol. The van der Waals surface area contributed by atoms with Gasteiger partial charge in [0.15, 0.2) is 11.6 Å². The number of hydrogen-bond donors (Lipinski definition) is 2. The number of Topliss-reactive ketones (excluding diaryl/α,β-unsaturated/α-hetero) is 1. The zero-order chi connectivity index (χ0) is 27.5. The summed E-state index contributed by atoms with van der Waals surface area (Å²) in [5, 5.41) is 10.3. The van der Waals surface area contributed by atoms with Crippen molar-refractivity contribution in [1.29, 1.82) is 0 Å². The summed E-state index contributed by atoms with van der Waals surface area (Å²) < 4.78 is 18.6. The molecule has 0 bridgehead atoms. The third kappa shape index (κ3) is 6.01. The SMILES string of the molecule is CN=C(/C=C(/Nc1cc(CN2CCC2)n(C)n1)C(C)=O)c1ccc(F)c(NC(=O)c2cc3n(c2)CCCC3)c1. The van der Waals surface area contributed by atoms with Gasteiger partial charge in [-0.3, -0.25) is 24.2 Å². The molecule has 5 rings (SSSR count). The number of nitrogens with one attached hydrogen (secondary N) is 2. The van der Waals surface area contributed by atoms with Gasteiger partial charge in [0.05, 0.1) is 28.4 Å². The van der Waals surface area contributed by atoms with Crippen LogP contribution in [0.2, 0.25) is 0 Å². The molecule has 10 heteroatoms. The number of carbonyl (C=O) groups is 2. The van der Waals surface area contributed by atoms with Gasteiger partial charge in [-0.25, -0.2) is 4.39 Å². The number of anilines is 2. The maximum Gasteiger partial charge on any atom is 0.257 e. The summed E-state index contributed by atoms with van der Waals surface area (Å²) >= 11 is 0. The quantitative estimate of drug-likeness (QED) is 0.319. The molecule has 2 aromatic heterocycles. The molecule has 0 atom stereocenters. The minimum atomic E-state index is -0.552. The largest absolute Gasteiger partial charge is 0.351 e. The molecule has 2 N–H and O–H groups in total. The van der Waals surface area contributed by atoms with Crippen LogP contribution in [0.15, 0.2) is 53.3 Å². The number of ketones is 1. The van der Waals surface area contributed by atoms with E-state index in [9.17, 15) is 14.0 Å². The van der Waals surface area contributed by atoms with Crippen molar-refractivity contribution in [2.24, 2.45) is 12.0 Å². The molecule has 1 aromatic carbocycles. The second kappa shape index (κ2) is 11.4. The number of rotatable bonds is 9. The Balaban J connectivity index is 1.34. The molecule has 0 aliphatic carbocycles. The summed E-state index contributed by atoms with van der Waals surface area (Å²) in [6, 6.07) is 8.20. The number of halogens is 1. The van der Waals surface area contributed by atoms with E-state index in [0.717, 1.165) is 56.8 Å². The van der Waals surface area contributed by atoms with Crippen LogP contribution in [0.3, 0.4) is 0 Å². The molecule has 4 heterocycles. The normalized spacial score (nSPS) is 16.0. The number of carbonyl (C=O) groups excluding carboxylic acids is 2. The standard InChI is InChI=1S/C29H34FN7O2/c1-19(38)25(32-28-15-23(35(3)34-28)18-36-10-6-11-36)16-26(31-2)20-8-9-24(30)27(14-20)33-29(39)21-13-22-7-4-5-12-37(22)17-21/h8-9,13-17H,4-7,10-12,18H2,1-3H3,(H,32,34)(H,33,39)/b25-16+,31-26?. The predicted octanol–water partition coefficient (Wildman–Crippen LogP) is 4.16. The number of amides is 1. The van der Waals surface area contributed by atoms with Crippen molar-refractivity contribution in [2.75, 3.05) is 30.8 Å². The highest BCUT2D eigenvalue weighted by molar-refractivity contribution is 6.14. The maximum absolute atomic E-state index is 14.7. The van der Waals surface area contributed by atoms with E-state index in [1.807, 2.05) is 30.1 Å². The first-order chi connectivity index (χ1) is 18.8. The van der Waals surface area contributed by atoms with Crippen LogP contribution in [0.1, 0.15) is 53.5 Å². The summed E-state index contributed by atoms with van der Waals surface area (Å²) in [7, 11) is 3.48. The van der Waals surface area contributed by atoms with Gasteiger partial charge in [-0.1, -0.05) is 0 Å². The summed E-state index contributed by atoms with van der Waals surface area (Å²) in [4.78, 5) is 32.1. The molecule has 39 heavy (non-hydrogen) atoms. The third-order valence-electron chi connectivity index (χ3n) is 7.32. The van der Waals surface area contributed by atoms with E-state index in [1.165, 1.54) is 25.5 Å². The Labute approximate surface area is 227 Å². The average molecular weight is 532 g/mol. The van der Waals surface area contributed by atoms with Crippen molar-refractivity contribution in [3.63, 3.8) is 0 Å². The second-order valence-corrected chi connectivity index (χ2v) is 10.1. The van der Waals surface area contributed by atoms with Crippen molar-refractivity contribution < 1.29 is 14.0 Å². The third-order valence-corrected chi connectivity index (χ3v) is 7.32. The van der Waals surface area contributed by atoms with Gasteiger partial charge in [0.1, 0.15) is 5.82 Å². The van der Waals surface area contributed by atoms with Gasteiger partial charge in [-0.05, 0) is 69.1 Å². The predicted molar refractivity (Wildman–Crippen MR) is 150 cm³/mol. The molecule has 1 amide bonds. The van der Waals surface area contributed by atoms with Gasteiger partial charge in [0, 0.05) is 57.6 Å². The summed E-state index contributed by atoms with van der Waals surface area (Å²) in [5.74, 6) is -0.552. The number of allylic oxidation sites excluding steroid dienone is 2. The zero-order valence-corrected chi connectivity index (χ0v) is 22.6. The van der Waals surface area contributed by atoms with Crippen molar-refractivity contribution in [3.8, 4) is 0 Å². The molecule has 1 fully saturated rings. The minimum Gasteiger partial charge on any atom is -0.351 e. The summed E-state index contributed by atoms with van der Waals surface area (Å²) in [6.07, 6.45) is 7.78. The van der Waals surface area contributed by atoms with E-state index < -0.39 is 5.82 Å². The van der Waals surface area contributed by atoms with E-state index >= 15 is 0 Å². The molecule has 204 valence electrons. The van der Waals surface area contributed by atoms with Crippen LogP contribution in [0.25, 0.3) is 0 Å². The lowest BCUT2D eigenvalue weighted by Gasteiger charge is -2.30. The van der Waals surface area contributed by atoms with Crippen LogP contribution in [0.5, 0.6) is 0 Å². The van der Waals surface area contributed by atoms with Crippen molar-refractivity contribution in [3.05, 3.63) is 76.6 Å². The van der Waals surface area contributed by atoms with Crippen LogP contribution in [0.4, 0.5) is 15.9 Å². The first kappa shape index (κ1) is 26.6. The fourth-order valence-electron chi connectivity index (χ4n) is 4.92. The number of fused-ring (bicyclic) bond motifs is 1. The minimum absolute atomic E-state index is 0.0499. The fraction of sp³-hybridized carbons (Fsp3) is 0.379. The summed E-state index contributed by atoms with van der Waals surface area (Å²) in [5.41, 5.74) is 4.05. The first-order valence-electron chi connectivity index (χ1n) is 13.3. The molecule has 1 saturated heterocycles. The second-order valence-electron chi connectivity index (χ2n) is 10.1.